The molecule has 0 spiro atoms. The Bertz CT molecular complexity index is 1200. The molecule has 3 aromatic carbocycles. The van der Waals surface area contributed by atoms with Crippen molar-refractivity contribution in [2.75, 3.05) is 31.1 Å². The predicted octanol–water partition coefficient (Wildman–Crippen LogP) is 4.05. The Labute approximate surface area is 198 Å². The fourth-order valence-electron chi connectivity index (χ4n) is 3.07. The number of anilines is 1. The van der Waals surface area contributed by atoms with Gasteiger partial charge in [-0.3, -0.25) is 9.10 Å². The van der Waals surface area contributed by atoms with E-state index in [1.54, 1.807) is 30.3 Å². The second kappa shape index (κ2) is 11.1. The Hall–Kier alpha value is -3.23. The zero-order chi connectivity index (χ0) is 23.8. The third-order valence-electron chi connectivity index (χ3n) is 4.71. The van der Waals surface area contributed by atoms with Crippen molar-refractivity contribution < 1.29 is 22.7 Å². The van der Waals surface area contributed by atoms with Crippen molar-refractivity contribution in [3.63, 3.8) is 0 Å². The smallest absolute Gasteiger partial charge is 0.264 e. The van der Waals surface area contributed by atoms with Crippen molar-refractivity contribution in [3.8, 4) is 11.5 Å². The average Bonchev–Trinajstić information content (AvgIpc) is 2.80. The van der Waals surface area contributed by atoms with Gasteiger partial charge in [-0.2, -0.15) is 0 Å². The molecule has 0 heterocycles. The lowest BCUT2D eigenvalue weighted by Gasteiger charge is -2.24. The maximum Gasteiger partial charge on any atom is 0.264 e. The van der Waals surface area contributed by atoms with Crippen LogP contribution in [0.2, 0.25) is 5.02 Å². The topological polar surface area (TPSA) is 84.9 Å². The van der Waals surface area contributed by atoms with Crippen molar-refractivity contribution >= 4 is 33.2 Å². The van der Waals surface area contributed by atoms with E-state index in [2.05, 4.69) is 5.32 Å². The maximum atomic E-state index is 13.4. The predicted molar refractivity (Wildman–Crippen MR) is 129 cm³/mol. The number of rotatable bonds is 10. The SMILES string of the molecule is COc1ccc(S(=O)(=O)N(CC(=O)NCCOc2cccc(C)c2)c2cccc(Cl)c2)cc1. The Morgan fingerprint density at radius 3 is 2.39 bits per heavy atom. The normalized spacial score (nSPS) is 11.0. The Morgan fingerprint density at radius 2 is 1.73 bits per heavy atom. The van der Waals surface area contributed by atoms with Crippen LogP contribution in [-0.2, 0) is 14.8 Å². The molecule has 174 valence electrons. The highest BCUT2D eigenvalue weighted by Crippen LogP contribution is 2.27. The van der Waals surface area contributed by atoms with Gasteiger partial charge in [0, 0.05) is 5.02 Å². The number of amides is 1. The quantitative estimate of drug-likeness (QED) is 0.435. The van der Waals surface area contributed by atoms with Crippen molar-refractivity contribution in [2.24, 2.45) is 0 Å². The summed E-state index contributed by atoms with van der Waals surface area (Å²) in [6, 6.07) is 19.9. The van der Waals surface area contributed by atoms with Crippen LogP contribution in [-0.4, -0.2) is 41.1 Å². The summed E-state index contributed by atoms with van der Waals surface area (Å²) in [5.41, 5.74) is 1.35. The van der Waals surface area contributed by atoms with Gasteiger partial charge < -0.3 is 14.8 Å². The Kier molecular flexibility index (Phi) is 8.19. The van der Waals surface area contributed by atoms with Crippen LogP contribution in [0.15, 0.2) is 77.7 Å². The maximum absolute atomic E-state index is 13.4. The monoisotopic (exact) mass is 488 g/mol. The molecule has 1 N–H and O–H groups in total. The summed E-state index contributed by atoms with van der Waals surface area (Å²) in [4.78, 5) is 12.7. The van der Waals surface area contributed by atoms with E-state index >= 15 is 0 Å². The first-order valence-corrected chi connectivity index (χ1v) is 12.0. The number of carbonyl (C=O) groups is 1. The van der Waals surface area contributed by atoms with Gasteiger partial charge in [0.25, 0.3) is 10.0 Å². The van der Waals surface area contributed by atoms with Crippen LogP contribution < -0.4 is 19.1 Å². The molecular formula is C24H25ClN2O5S. The molecule has 0 fully saturated rings. The first-order chi connectivity index (χ1) is 15.8. The number of carbonyl (C=O) groups excluding carboxylic acids is 1. The minimum absolute atomic E-state index is 0.0267. The molecule has 0 aliphatic heterocycles. The van der Waals surface area contributed by atoms with Gasteiger partial charge in [-0.25, -0.2) is 8.42 Å². The van der Waals surface area contributed by atoms with Gasteiger partial charge in [-0.15, -0.1) is 0 Å². The fourth-order valence-corrected chi connectivity index (χ4v) is 4.67. The number of hydrogen-bond acceptors (Lipinski definition) is 5. The van der Waals surface area contributed by atoms with Crippen LogP contribution >= 0.6 is 11.6 Å². The zero-order valence-corrected chi connectivity index (χ0v) is 19.9. The largest absolute Gasteiger partial charge is 0.497 e. The van der Waals surface area contributed by atoms with E-state index in [4.69, 9.17) is 21.1 Å². The van der Waals surface area contributed by atoms with Gasteiger partial charge >= 0.3 is 0 Å². The second-order valence-electron chi connectivity index (χ2n) is 7.18. The standard InChI is InChI=1S/C24H25ClN2O5S/c1-18-5-3-8-22(15-18)32-14-13-26-24(28)17-27(20-7-4-6-19(25)16-20)33(29,30)23-11-9-21(31-2)10-12-23/h3-12,15-16H,13-14,17H2,1-2H3,(H,26,28). The summed E-state index contributed by atoms with van der Waals surface area (Å²) in [5, 5.41) is 3.06. The number of aryl methyl sites for hydroxylation is 1. The molecule has 0 aromatic heterocycles. The lowest BCUT2D eigenvalue weighted by atomic mass is 10.2. The lowest BCUT2D eigenvalue weighted by molar-refractivity contribution is -0.119. The third kappa shape index (κ3) is 6.63. The molecule has 3 rings (SSSR count). The molecule has 0 bridgehead atoms. The van der Waals surface area contributed by atoms with Crippen LogP contribution in [0.25, 0.3) is 0 Å². The molecule has 7 nitrogen and oxygen atoms in total. The van der Waals surface area contributed by atoms with Crippen molar-refractivity contribution in [3.05, 3.63) is 83.4 Å². The molecular weight excluding hydrogens is 464 g/mol. The summed E-state index contributed by atoms with van der Waals surface area (Å²) in [5.74, 6) is 0.751. The molecule has 0 atom stereocenters. The van der Waals surface area contributed by atoms with Gasteiger partial charge in [0.05, 0.1) is 24.2 Å². The van der Waals surface area contributed by atoms with E-state index in [0.717, 1.165) is 9.87 Å². The van der Waals surface area contributed by atoms with E-state index in [9.17, 15) is 13.2 Å². The van der Waals surface area contributed by atoms with Crippen LogP contribution in [0.5, 0.6) is 11.5 Å². The molecule has 0 radical (unpaired) electrons. The number of nitrogens with one attached hydrogen (secondary N) is 1. The first-order valence-electron chi connectivity index (χ1n) is 10.2. The number of halogens is 1. The second-order valence-corrected chi connectivity index (χ2v) is 9.48. The molecule has 33 heavy (non-hydrogen) atoms. The summed E-state index contributed by atoms with van der Waals surface area (Å²) in [6.45, 7) is 2.01. The molecule has 9 heteroatoms. The molecule has 1 amide bonds. The summed E-state index contributed by atoms with van der Waals surface area (Å²) < 4.78 is 38.5. The van der Waals surface area contributed by atoms with Crippen LogP contribution in [0, 0.1) is 6.92 Å². The first kappa shape index (κ1) is 24.4. The van der Waals surface area contributed by atoms with Crippen molar-refractivity contribution in [1.82, 2.24) is 5.32 Å². The number of benzene rings is 3. The number of ether oxygens (including phenoxy) is 2. The zero-order valence-electron chi connectivity index (χ0n) is 18.3. The van der Waals surface area contributed by atoms with E-state index in [1.165, 1.54) is 25.3 Å². The van der Waals surface area contributed by atoms with E-state index < -0.39 is 22.5 Å². The number of methoxy groups -OCH3 is 1. The third-order valence-corrected chi connectivity index (χ3v) is 6.74. The van der Waals surface area contributed by atoms with Gasteiger partial charge in [-0.1, -0.05) is 29.8 Å². The molecule has 0 aliphatic carbocycles. The minimum Gasteiger partial charge on any atom is -0.497 e. The number of nitrogens with zero attached hydrogens (tertiary/aromatic N) is 1. The van der Waals surface area contributed by atoms with Gasteiger partial charge in [0.1, 0.15) is 24.7 Å². The van der Waals surface area contributed by atoms with Gasteiger partial charge in [0.2, 0.25) is 5.91 Å². The Balaban J connectivity index is 1.72. The highest BCUT2D eigenvalue weighted by Gasteiger charge is 2.27. The Morgan fingerprint density at radius 1 is 1.00 bits per heavy atom. The summed E-state index contributed by atoms with van der Waals surface area (Å²) in [7, 11) is -2.55. The molecule has 0 saturated heterocycles. The lowest BCUT2D eigenvalue weighted by Crippen LogP contribution is -2.41. The van der Waals surface area contributed by atoms with Crippen molar-refractivity contribution in [1.29, 1.82) is 0 Å². The molecule has 0 aliphatic rings. The molecule has 0 unspecified atom stereocenters. The number of sulfonamides is 1. The highest BCUT2D eigenvalue weighted by atomic mass is 35.5. The fraction of sp³-hybridized carbons (Fsp3) is 0.208. The van der Waals surface area contributed by atoms with Crippen molar-refractivity contribution in [2.45, 2.75) is 11.8 Å². The van der Waals surface area contributed by atoms with Crippen LogP contribution in [0.3, 0.4) is 0 Å². The van der Waals surface area contributed by atoms with Crippen LogP contribution in [0.4, 0.5) is 5.69 Å². The highest BCUT2D eigenvalue weighted by molar-refractivity contribution is 7.92. The molecule has 3 aromatic rings. The molecule has 0 saturated carbocycles. The van der Waals surface area contributed by atoms with E-state index in [1.807, 2.05) is 31.2 Å². The minimum atomic E-state index is -4.04. The van der Waals surface area contributed by atoms with Gasteiger partial charge in [-0.05, 0) is 67.1 Å². The van der Waals surface area contributed by atoms with Gasteiger partial charge in [0.15, 0.2) is 0 Å². The van der Waals surface area contributed by atoms with E-state index in [0.29, 0.717) is 16.5 Å². The average molecular weight is 489 g/mol. The van der Waals surface area contributed by atoms with E-state index in [-0.39, 0.29) is 23.7 Å². The van der Waals surface area contributed by atoms with Crippen LogP contribution in [0.1, 0.15) is 5.56 Å². The summed E-state index contributed by atoms with van der Waals surface area (Å²) >= 11 is 6.08. The summed E-state index contributed by atoms with van der Waals surface area (Å²) in [6.07, 6.45) is 0. The number of hydrogen-bond donors (Lipinski definition) is 1.